The van der Waals surface area contributed by atoms with Gasteiger partial charge in [0.2, 0.25) is 11.0 Å². The van der Waals surface area contributed by atoms with Crippen LogP contribution < -0.4 is 9.30 Å². The molecule has 0 fully saturated rings. The number of halogens is 1. The lowest BCUT2D eigenvalue weighted by atomic mass is 9.96. The number of ether oxygens (including phenoxy) is 1. The fourth-order valence-electron chi connectivity index (χ4n) is 3.78. The van der Waals surface area contributed by atoms with E-state index in [0.29, 0.717) is 6.61 Å². The zero-order valence-electron chi connectivity index (χ0n) is 17.2. The van der Waals surface area contributed by atoms with Crippen molar-refractivity contribution in [3.8, 4) is 5.75 Å². The Morgan fingerprint density at radius 1 is 0.897 bits per heavy atom. The highest BCUT2D eigenvalue weighted by Crippen LogP contribution is 2.30. The molecule has 0 amide bonds. The number of nitrogens with zero attached hydrogens (tertiary/aromatic N) is 2. The maximum absolute atomic E-state index is 6.09. The fraction of sp³-hybridized carbons (Fsp3) is 0.240. The molecule has 0 N–H and O–H groups in total. The first-order valence-electron chi connectivity index (χ1n) is 9.88. The van der Waals surface area contributed by atoms with Gasteiger partial charge in [0.25, 0.3) is 0 Å². The summed E-state index contributed by atoms with van der Waals surface area (Å²) in [6, 6.07) is 23.1. The van der Waals surface area contributed by atoms with Gasteiger partial charge in [0.15, 0.2) is 0 Å². The molecule has 3 aromatic carbocycles. The van der Waals surface area contributed by atoms with Crippen LogP contribution in [0.1, 0.15) is 11.1 Å². The molecule has 1 heterocycles. The van der Waals surface area contributed by atoms with Gasteiger partial charge in [-0.05, 0) is 62.0 Å². The third kappa shape index (κ3) is 4.21. The molecule has 0 saturated heterocycles. The largest absolute Gasteiger partial charge is 0.492 e. The number of hydrogen-bond donors (Lipinski definition) is 0. The number of rotatable bonds is 6. The van der Waals surface area contributed by atoms with Gasteiger partial charge >= 0.3 is 0 Å². The van der Waals surface area contributed by atoms with Crippen molar-refractivity contribution >= 4 is 33.4 Å². The Bertz CT molecular complexity index is 1150. The third-order valence-electron chi connectivity index (χ3n) is 5.35. The van der Waals surface area contributed by atoms with Crippen molar-refractivity contribution in [2.75, 3.05) is 27.2 Å². The van der Waals surface area contributed by atoms with Crippen molar-refractivity contribution in [1.82, 2.24) is 4.90 Å². The molecule has 148 valence electrons. The van der Waals surface area contributed by atoms with E-state index in [4.69, 9.17) is 16.3 Å². The van der Waals surface area contributed by atoms with Gasteiger partial charge in [-0.3, -0.25) is 0 Å². The third-order valence-corrected chi connectivity index (χ3v) is 5.60. The monoisotopic (exact) mass is 405 g/mol. The maximum atomic E-state index is 6.09. The molecular formula is C25H26ClN2O+. The van der Waals surface area contributed by atoms with Crippen molar-refractivity contribution < 1.29 is 9.30 Å². The van der Waals surface area contributed by atoms with E-state index < -0.39 is 0 Å². The summed E-state index contributed by atoms with van der Waals surface area (Å²) in [7, 11) is 6.24. The maximum Gasteiger partial charge on any atom is 0.213 e. The molecule has 0 saturated carbocycles. The average molecular weight is 406 g/mol. The number of hydrogen-bond acceptors (Lipinski definition) is 2. The van der Waals surface area contributed by atoms with Crippen molar-refractivity contribution in [3.63, 3.8) is 0 Å². The van der Waals surface area contributed by atoms with E-state index >= 15 is 0 Å². The van der Waals surface area contributed by atoms with E-state index in [1.807, 2.05) is 12.1 Å². The Morgan fingerprint density at radius 3 is 2.38 bits per heavy atom. The van der Waals surface area contributed by atoms with Gasteiger partial charge in [0.1, 0.15) is 19.4 Å². The molecule has 4 aromatic rings. The number of aromatic nitrogens is 1. The van der Waals surface area contributed by atoms with E-state index in [9.17, 15) is 0 Å². The van der Waals surface area contributed by atoms with E-state index in [2.05, 4.69) is 85.2 Å². The summed E-state index contributed by atoms with van der Waals surface area (Å²) < 4.78 is 8.29. The lowest BCUT2D eigenvalue weighted by Crippen LogP contribution is -2.30. The van der Waals surface area contributed by atoms with Gasteiger partial charge in [-0.2, -0.15) is 4.57 Å². The summed E-state index contributed by atoms with van der Waals surface area (Å²) >= 11 is 6.09. The highest BCUT2D eigenvalue weighted by atomic mass is 35.5. The Morgan fingerprint density at radius 2 is 1.62 bits per heavy atom. The van der Waals surface area contributed by atoms with Crippen molar-refractivity contribution in [1.29, 1.82) is 0 Å². The van der Waals surface area contributed by atoms with Gasteiger partial charge < -0.3 is 9.64 Å². The Kier molecular flexibility index (Phi) is 5.70. The normalized spacial score (nSPS) is 11.5. The molecule has 0 radical (unpaired) electrons. The predicted octanol–water partition coefficient (Wildman–Crippen LogP) is 5.00. The second-order valence-electron chi connectivity index (χ2n) is 7.69. The van der Waals surface area contributed by atoms with E-state index in [-0.39, 0.29) is 0 Å². The summed E-state index contributed by atoms with van der Waals surface area (Å²) in [6.45, 7) is 1.56. The van der Waals surface area contributed by atoms with Crippen LogP contribution in [-0.4, -0.2) is 32.1 Å². The van der Waals surface area contributed by atoms with Crippen molar-refractivity contribution in [3.05, 3.63) is 82.9 Å². The fourth-order valence-corrected chi connectivity index (χ4v) is 3.90. The van der Waals surface area contributed by atoms with E-state index in [0.717, 1.165) is 23.7 Å². The van der Waals surface area contributed by atoms with Crippen LogP contribution >= 0.6 is 11.6 Å². The highest BCUT2D eigenvalue weighted by Gasteiger charge is 2.18. The van der Waals surface area contributed by atoms with Gasteiger partial charge in [-0.25, -0.2) is 0 Å². The van der Waals surface area contributed by atoms with E-state index in [1.54, 1.807) is 0 Å². The summed E-state index contributed by atoms with van der Waals surface area (Å²) in [6.07, 6.45) is 0.843. The Labute approximate surface area is 177 Å². The molecule has 0 aliphatic carbocycles. The first-order valence-corrected chi connectivity index (χ1v) is 10.3. The van der Waals surface area contributed by atoms with Gasteiger partial charge in [-0.15, -0.1) is 0 Å². The smallest absolute Gasteiger partial charge is 0.213 e. The van der Waals surface area contributed by atoms with Crippen LogP contribution in [0.25, 0.3) is 21.8 Å². The molecule has 0 bridgehead atoms. The molecule has 4 heteroatoms. The van der Waals surface area contributed by atoms with Crippen molar-refractivity contribution in [2.45, 2.75) is 6.42 Å². The molecule has 1 aromatic heterocycles. The molecule has 3 nitrogen and oxygen atoms in total. The highest BCUT2D eigenvalue weighted by molar-refractivity contribution is 6.30. The number of fused-ring (bicyclic) bond motifs is 2. The van der Waals surface area contributed by atoms with Crippen LogP contribution in [0.5, 0.6) is 5.75 Å². The zero-order chi connectivity index (χ0) is 20.4. The molecule has 0 aliphatic rings. The Hall–Kier alpha value is -2.62. The van der Waals surface area contributed by atoms with Crippen LogP contribution in [0, 0.1) is 0 Å². The molecular weight excluding hydrogens is 380 g/mol. The number of likely N-dealkylation sites (N-methyl/N-ethyl adjacent to an activating group) is 1. The SMILES string of the molecule is CN(C)CCOc1ccc2c(c1)c(Cc1ccc(Cl)cc1)c1ccccc1[n+]2C. The van der Waals surface area contributed by atoms with Gasteiger partial charge in [0.05, 0.1) is 10.8 Å². The molecule has 0 aliphatic heterocycles. The summed E-state index contributed by atoms with van der Waals surface area (Å²) in [5.41, 5.74) is 4.99. The van der Waals surface area contributed by atoms with Gasteiger partial charge in [0, 0.05) is 23.7 Å². The molecule has 0 unspecified atom stereocenters. The number of benzene rings is 3. The van der Waals surface area contributed by atoms with Crippen LogP contribution in [0.3, 0.4) is 0 Å². The average Bonchev–Trinajstić information content (AvgIpc) is 2.72. The van der Waals surface area contributed by atoms with Crippen molar-refractivity contribution in [2.24, 2.45) is 7.05 Å². The Balaban J connectivity index is 1.85. The molecule has 0 atom stereocenters. The number of pyridine rings is 1. The number of aryl methyl sites for hydroxylation is 1. The predicted molar refractivity (Wildman–Crippen MR) is 121 cm³/mol. The summed E-state index contributed by atoms with van der Waals surface area (Å²) in [5.74, 6) is 0.909. The molecule has 4 rings (SSSR count). The first kappa shape index (κ1) is 19.7. The minimum absolute atomic E-state index is 0.671. The quantitative estimate of drug-likeness (QED) is 0.331. The zero-order valence-corrected chi connectivity index (χ0v) is 17.9. The lowest BCUT2D eigenvalue weighted by Gasteiger charge is -2.14. The van der Waals surface area contributed by atoms with Crippen LogP contribution in [0.2, 0.25) is 5.02 Å². The minimum atomic E-state index is 0.671. The second-order valence-corrected chi connectivity index (χ2v) is 8.13. The standard InChI is InChI=1S/C25H26ClN2O/c1-27(2)14-15-29-20-12-13-25-23(17-20)22(16-18-8-10-19(26)11-9-18)21-6-4-5-7-24(21)28(25)3/h4-13,17H,14-16H2,1-3H3/q+1. The topological polar surface area (TPSA) is 16.4 Å². The van der Waals surface area contributed by atoms with Gasteiger partial charge in [-0.1, -0.05) is 35.9 Å². The van der Waals surface area contributed by atoms with Crippen LogP contribution in [0.4, 0.5) is 0 Å². The lowest BCUT2D eigenvalue weighted by molar-refractivity contribution is -0.617. The summed E-state index contributed by atoms with van der Waals surface area (Å²) in [4.78, 5) is 2.13. The molecule has 0 spiro atoms. The van der Waals surface area contributed by atoms with E-state index in [1.165, 1.54) is 32.9 Å². The van der Waals surface area contributed by atoms with Crippen LogP contribution in [-0.2, 0) is 13.5 Å². The second kappa shape index (κ2) is 8.40. The van der Waals surface area contributed by atoms with Crippen LogP contribution in [0.15, 0.2) is 66.7 Å². The molecule has 29 heavy (non-hydrogen) atoms. The minimum Gasteiger partial charge on any atom is -0.492 e. The summed E-state index contributed by atoms with van der Waals surface area (Å²) in [5, 5.41) is 3.26. The first-order chi connectivity index (χ1) is 14.0. The number of para-hydroxylation sites is 1.